The van der Waals surface area contributed by atoms with Crippen LogP contribution in [0.1, 0.15) is 44.6 Å². The van der Waals surface area contributed by atoms with Gasteiger partial charge in [-0.2, -0.15) is 0 Å². The molecule has 4 bridgehead atoms. The van der Waals surface area contributed by atoms with Crippen LogP contribution in [0.3, 0.4) is 0 Å². The summed E-state index contributed by atoms with van der Waals surface area (Å²) in [4.78, 5) is 27.1. The lowest BCUT2D eigenvalue weighted by molar-refractivity contribution is -0.150. The minimum absolute atomic E-state index is 0.0597. The number of halogens is 2. The first-order chi connectivity index (χ1) is 13.2. The van der Waals surface area contributed by atoms with E-state index in [9.17, 15) is 14.0 Å². The van der Waals surface area contributed by atoms with Gasteiger partial charge in [0, 0.05) is 18.0 Å². The zero-order chi connectivity index (χ0) is 19.8. The zero-order valence-corrected chi connectivity index (χ0v) is 16.6. The number of nitrogens with two attached hydrogens (primary N) is 1. The van der Waals surface area contributed by atoms with Crippen molar-refractivity contribution in [2.45, 2.75) is 50.6 Å². The molecule has 3 amide bonds. The molecule has 28 heavy (non-hydrogen) atoms. The van der Waals surface area contributed by atoms with Gasteiger partial charge in [-0.05, 0) is 74.5 Å². The molecule has 3 N–H and O–H groups in total. The second-order valence-corrected chi connectivity index (χ2v) is 10.0. The highest BCUT2D eigenvalue weighted by molar-refractivity contribution is 6.30. The van der Waals surface area contributed by atoms with E-state index in [1.807, 2.05) is 11.8 Å². The first-order valence-electron chi connectivity index (χ1n) is 10.0. The van der Waals surface area contributed by atoms with Crippen molar-refractivity contribution in [1.82, 2.24) is 10.2 Å². The van der Waals surface area contributed by atoms with Gasteiger partial charge in [0.25, 0.3) is 0 Å². The Balaban J connectivity index is 1.43. The Labute approximate surface area is 168 Å². The molecule has 5 fully saturated rings. The third kappa shape index (κ3) is 2.49. The van der Waals surface area contributed by atoms with Gasteiger partial charge in [-0.3, -0.25) is 4.79 Å². The number of urea groups is 1. The maximum Gasteiger partial charge on any atom is 0.318 e. The molecule has 4 aliphatic carbocycles. The third-order valence-electron chi connectivity index (χ3n) is 7.79. The lowest BCUT2D eigenvalue weighted by atomic mass is 9.47. The van der Waals surface area contributed by atoms with Crippen LogP contribution in [0.5, 0.6) is 0 Å². The van der Waals surface area contributed by atoms with Crippen LogP contribution in [-0.2, 0) is 10.3 Å². The number of hydrogen-bond acceptors (Lipinski definition) is 2. The van der Waals surface area contributed by atoms with E-state index >= 15 is 0 Å². The Hall–Kier alpha value is -1.82. The standard InChI is InChI=1S/C21H25ClFN3O2/c1-20(14-2-3-16(23)15(22)6-14)10-26(19(28)25-20)17-12-4-11-5-13(17)9-21(7-11,8-12)18(24)27/h2-3,6,11-13,17H,4-5,7-10H2,1H3,(H2,24,27)(H,25,28). The monoisotopic (exact) mass is 405 g/mol. The molecule has 0 spiro atoms. The third-order valence-corrected chi connectivity index (χ3v) is 8.08. The average molecular weight is 406 g/mol. The molecule has 3 atom stereocenters. The number of carbonyl (C=O) groups is 2. The first kappa shape index (κ1) is 18.2. The molecule has 1 heterocycles. The molecule has 1 saturated heterocycles. The fraction of sp³-hybridized carbons (Fsp3) is 0.619. The molecule has 4 saturated carbocycles. The summed E-state index contributed by atoms with van der Waals surface area (Å²) in [7, 11) is 0. The molecule has 7 heteroatoms. The van der Waals surface area contributed by atoms with E-state index in [4.69, 9.17) is 17.3 Å². The number of nitrogens with one attached hydrogen (secondary N) is 1. The Morgan fingerprint density at radius 3 is 2.57 bits per heavy atom. The van der Waals surface area contributed by atoms with Crippen LogP contribution < -0.4 is 11.1 Å². The first-order valence-corrected chi connectivity index (χ1v) is 10.4. The Bertz CT molecular complexity index is 861. The van der Waals surface area contributed by atoms with Crippen LogP contribution in [0.2, 0.25) is 5.02 Å². The number of carbonyl (C=O) groups excluding carboxylic acids is 2. The summed E-state index contributed by atoms with van der Waals surface area (Å²) in [6.45, 7) is 2.47. The van der Waals surface area contributed by atoms with Crippen LogP contribution in [0.4, 0.5) is 9.18 Å². The lowest BCUT2D eigenvalue weighted by Gasteiger charge is -2.60. The maximum absolute atomic E-state index is 13.6. The number of hydrogen-bond donors (Lipinski definition) is 2. The zero-order valence-electron chi connectivity index (χ0n) is 15.9. The van der Waals surface area contributed by atoms with E-state index in [0.717, 1.165) is 37.7 Å². The highest BCUT2D eigenvalue weighted by atomic mass is 35.5. The fourth-order valence-electron chi connectivity index (χ4n) is 6.81. The lowest BCUT2D eigenvalue weighted by Crippen LogP contribution is -2.62. The van der Waals surface area contributed by atoms with Gasteiger partial charge in [-0.25, -0.2) is 9.18 Å². The van der Waals surface area contributed by atoms with E-state index in [1.165, 1.54) is 6.07 Å². The Morgan fingerprint density at radius 2 is 1.96 bits per heavy atom. The second-order valence-electron chi connectivity index (χ2n) is 9.62. The van der Waals surface area contributed by atoms with Crippen molar-refractivity contribution in [3.05, 3.63) is 34.6 Å². The van der Waals surface area contributed by atoms with Crippen LogP contribution >= 0.6 is 11.6 Å². The number of rotatable bonds is 3. The summed E-state index contributed by atoms with van der Waals surface area (Å²) in [5.74, 6) is 0.566. The van der Waals surface area contributed by atoms with E-state index in [-0.39, 0.29) is 28.4 Å². The Kier molecular flexibility index (Phi) is 3.81. The SMILES string of the molecule is CC1(c2ccc(F)c(Cl)c2)CN(C2C3CC4CC2CC(C(N)=O)(C4)C3)C(=O)N1. The predicted molar refractivity (Wildman–Crippen MR) is 103 cm³/mol. The van der Waals surface area contributed by atoms with E-state index in [2.05, 4.69) is 5.32 Å². The molecule has 1 aliphatic heterocycles. The van der Waals surface area contributed by atoms with Gasteiger partial charge in [0.05, 0.1) is 10.6 Å². The van der Waals surface area contributed by atoms with Crippen molar-refractivity contribution in [2.75, 3.05) is 6.54 Å². The van der Waals surface area contributed by atoms with Gasteiger partial charge >= 0.3 is 6.03 Å². The highest BCUT2D eigenvalue weighted by Gasteiger charge is 2.60. The summed E-state index contributed by atoms with van der Waals surface area (Å²) >= 11 is 5.97. The average Bonchev–Trinajstić information content (AvgIpc) is 2.92. The maximum atomic E-state index is 13.6. The van der Waals surface area contributed by atoms with Crippen molar-refractivity contribution in [3.8, 4) is 0 Å². The normalized spacial score (nSPS) is 41.4. The van der Waals surface area contributed by atoms with Crippen LogP contribution in [0.15, 0.2) is 18.2 Å². The van der Waals surface area contributed by atoms with Crippen molar-refractivity contribution in [2.24, 2.45) is 28.9 Å². The topological polar surface area (TPSA) is 75.4 Å². The smallest absolute Gasteiger partial charge is 0.318 e. The molecule has 0 radical (unpaired) electrons. The molecule has 150 valence electrons. The number of amides is 3. The largest absolute Gasteiger partial charge is 0.369 e. The van der Waals surface area contributed by atoms with Crippen molar-refractivity contribution in [1.29, 1.82) is 0 Å². The summed E-state index contributed by atoms with van der Waals surface area (Å²) in [5.41, 5.74) is 5.60. The quantitative estimate of drug-likeness (QED) is 0.808. The summed E-state index contributed by atoms with van der Waals surface area (Å²) in [5, 5.41) is 3.16. The van der Waals surface area contributed by atoms with Gasteiger partial charge in [0.2, 0.25) is 5.91 Å². The molecular weight excluding hydrogens is 381 g/mol. The van der Waals surface area contributed by atoms with Crippen molar-refractivity contribution < 1.29 is 14.0 Å². The minimum atomic E-state index is -0.621. The summed E-state index contributed by atoms with van der Waals surface area (Å²) in [6, 6.07) is 4.68. The summed E-state index contributed by atoms with van der Waals surface area (Å²) < 4.78 is 13.6. The molecule has 6 rings (SSSR count). The predicted octanol–water partition coefficient (Wildman–Crippen LogP) is 3.40. The van der Waals surface area contributed by atoms with Crippen molar-refractivity contribution in [3.63, 3.8) is 0 Å². The molecule has 3 unspecified atom stereocenters. The molecule has 1 aromatic carbocycles. The minimum Gasteiger partial charge on any atom is -0.369 e. The number of nitrogens with zero attached hydrogens (tertiary/aromatic N) is 1. The van der Waals surface area contributed by atoms with Crippen LogP contribution in [0, 0.1) is 29.0 Å². The van der Waals surface area contributed by atoms with Crippen molar-refractivity contribution >= 4 is 23.5 Å². The number of benzene rings is 1. The van der Waals surface area contributed by atoms with E-state index in [1.54, 1.807) is 12.1 Å². The highest BCUT2D eigenvalue weighted by Crippen LogP contribution is 2.61. The molecule has 5 nitrogen and oxygen atoms in total. The number of primary amides is 1. The molecular formula is C21H25ClFN3O2. The Morgan fingerprint density at radius 1 is 1.29 bits per heavy atom. The summed E-state index contributed by atoms with van der Waals surface area (Å²) in [6.07, 6.45) is 4.64. The molecule has 5 aliphatic rings. The fourth-order valence-corrected chi connectivity index (χ4v) is 6.99. The van der Waals surface area contributed by atoms with Gasteiger partial charge in [0.15, 0.2) is 0 Å². The van der Waals surface area contributed by atoms with Gasteiger partial charge in [0.1, 0.15) is 5.82 Å². The molecule has 1 aromatic rings. The van der Waals surface area contributed by atoms with Gasteiger partial charge in [-0.1, -0.05) is 17.7 Å². The molecule has 0 aromatic heterocycles. The van der Waals surface area contributed by atoms with Gasteiger partial charge < -0.3 is 16.0 Å². The van der Waals surface area contributed by atoms with Crippen LogP contribution in [-0.4, -0.2) is 29.4 Å². The van der Waals surface area contributed by atoms with Gasteiger partial charge in [-0.15, -0.1) is 0 Å². The van der Waals surface area contributed by atoms with Crippen LogP contribution in [0.25, 0.3) is 0 Å². The second kappa shape index (κ2) is 5.85. The van der Waals surface area contributed by atoms with E-state index < -0.39 is 11.4 Å². The van der Waals surface area contributed by atoms with E-state index in [0.29, 0.717) is 24.3 Å².